The van der Waals surface area contributed by atoms with Crippen molar-refractivity contribution >= 4 is 39.2 Å². The number of ketones is 1. The van der Waals surface area contributed by atoms with Crippen LogP contribution in [0.1, 0.15) is 5.56 Å². The van der Waals surface area contributed by atoms with Crippen molar-refractivity contribution in [3.63, 3.8) is 0 Å². The van der Waals surface area contributed by atoms with Gasteiger partial charge in [0.15, 0.2) is 0 Å². The molecule has 0 aliphatic rings. The fraction of sp³-hybridized carbons (Fsp3) is 0.300. The minimum atomic E-state index is -4.38. The zero-order valence-corrected chi connectivity index (χ0v) is 11.0. The second-order valence-electron chi connectivity index (χ2n) is 3.23. The Labute approximate surface area is 109 Å². The molecule has 1 aromatic rings. The predicted octanol–water partition coefficient (Wildman–Crippen LogP) is 3.39. The SMILES string of the molecule is Nc1c(CC(=O)CBr)cccc1SC(F)(F)F. The molecule has 0 saturated carbocycles. The number of nitrogens with two attached hydrogens (primary N) is 1. The van der Waals surface area contributed by atoms with Gasteiger partial charge in [0, 0.05) is 17.0 Å². The van der Waals surface area contributed by atoms with Crippen molar-refractivity contribution in [3.8, 4) is 0 Å². The molecule has 0 aromatic heterocycles. The lowest BCUT2D eigenvalue weighted by Gasteiger charge is -2.11. The number of para-hydroxylation sites is 1. The normalized spacial score (nSPS) is 11.5. The van der Waals surface area contributed by atoms with Gasteiger partial charge in [-0.05, 0) is 23.4 Å². The van der Waals surface area contributed by atoms with Crippen molar-refractivity contribution in [1.82, 2.24) is 0 Å². The average molecular weight is 328 g/mol. The zero-order chi connectivity index (χ0) is 13.1. The van der Waals surface area contributed by atoms with Gasteiger partial charge in [-0.2, -0.15) is 13.2 Å². The second-order valence-corrected chi connectivity index (χ2v) is 4.89. The van der Waals surface area contributed by atoms with Gasteiger partial charge in [0.1, 0.15) is 5.78 Å². The molecule has 0 amide bonds. The van der Waals surface area contributed by atoms with E-state index >= 15 is 0 Å². The summed E-state index contributed by atoms with van der Waals surface area (Å²) in [6.45, 7) is 0. The van der Waals surface area contributed by atoms with E-state index in [1.165, 1.54) is 12.1 Å². The van der Waals surface area contributed by atoms with E-state index in [0.29, 0.717) is 5.56 Å². The monoisotopic (exact) mass is 327 g/mol. The number of nitrogen functional groups attached to an aromatic ring is 1. The minimum Gasteiger partial charge on any atom is -0.398 e. The first-order valence-corrected chi connectivity index (χ1v) is 6.48. The van der Waals surface area contributed by atoms with E-state index in [1.807, 2.05) is 0 Å². The van der Waals surface area contributed by atoms with Crippen molar-refractivity contribution < 1.29 is 18.0 Å². The number of benzene rings is 1. The maximum absolute atomic E-state index is 12.2. The Balaban J connectivity index is 2.95. The number of carbonyl (C=O) groups excluding carboxylic acids is 1. The van der Waals surface area contributed by atoms with Crippen LogP contribution in [0.3, 0.4) is 0 Å². The lowest BCUT2D eigenvalue weighted by atomic mass is 10.1. The maximum Gasteiger partial charge on any atom is 0.446 e. The fourth-order valence-corrected chi connectivity index (χ4v) is 2.05. The van der Waals surface area contributed by atoms with Crippen LogP contribution in [0.4, 0.5) is 18.9 Å². The number of rotatable bonds is 4. The molecule has 0 bridgehead atoms. The van der Waals surface area contributed by atoms with Crippen molar-refractivity contribution in [1.29, 1.82) is 0 Å². The lowest BCUT2D eigenvalue weighted by molar-refractivity contribution is -0.115. The third-order valence-corrected chi connectivity index (χ3v) is 3.35. The first-order chi connectivity index (χ1) is 7.83. The third kappa shape index (κ3) is 4.59. The van der Waals surface area contributed by atoms with Crippen LogP contribution >= 0.6 is 27.7 Å². The van der Waals surface area contributed by atoms with E-state index in [2.05, 4.69) is 15.9 Å². The summed E-state index contributed by atoms with van der Waals surface area (Å²) in [5.41, 5.74) is 1.66. The summed E-state index contributed by atoms with van der Waals surface area (Å²) in [4.78, 5) is 11.1. The number of thioether (sulfide) groups is 1. The molecule has 0 spiro atoms. The van der Waals surface area contributed by atoms with E-state index in [1.54, 1.807) is 6.07 Å². The van der Waals surface area contributed by atoms with Crippen LogP contribution in [-0.4, -0.2) is 16.6 Å². The van der Waals surface area contributed by atoms with Gasteiger partial charge in [0.2, 0.25) is 0 Å². The van der Waals surface area contributed by atoms with Crippen LogP contribution in [0, 0.1) is 0 Å². The number of hydrogen-bond donors (Lipinski definition) is 1. The Hall–Kier alpha value is -0.690. The van der Waals surface area contributed by atoms with Gasteiger partial charge in [0.25, 0.3) is 0 Å². The average Bonchev–Trinajstić information content (AvgIpc) is 2.22. The van der Waals surface area contributed by atoms with Crippen LogP contribution in [0.2, 0.25) is 0 Å². The van der Waals surface area contributed by atoms with Gasteiger partial charge >= 0.3 is 5.51 Å². The molecular weight excluding hydrogens is 319 g/mol. The van der Waals surface area contributed by atoms with Crippen LogP contribution in [0.15, 0.2) is 23.1 Å². The summed E-state index contributed by atoms with van der Waals surface area (Å²) < 4.78 is 36.6. The van der Waals surface area contributed by atoms with Gasteiger partial charge in [0.05, 0.1) is 5.33 Å². The van der Waals surface area contributed by atoms with Gasteiger partial charge in [-0.15, -0.1) is 0 Å². The van der Waals surface area contributed by atoms with E-state index in [0.717, 1.165) is 0 Å². The first-order valence-electron chi connectivity index (χ1n) is 4.54. The van der Waals surface area contributed by atoms with Crippen LogP contribution in [-0.2, 0) is 11.2 Å². The highest BCUT2D eigenvalue weighted by atomic mass is 79.9. The largest absolute Gasteiger partial charge is 0.446 e. The molecule has 0 atom stereocenters. The Morgan fingerprint density at radius 3 is 2.59 bits per heavy atom. The Morgan fingerprint density at radius 2 is 2.06 bits per heavy atom. The van der Waals surface area contributed by atoms with E-state index < -0.39 is 5.51 Å². The summed E-state index contributed by atoms with van der Waals surface area (Å²) in [7, 11) is 0. The summed E-state index contributed by atoms with van der Waals surface area (Å²) in [5, 5.41) is 0.156. The van der Waals surface area contributed by atoms with Gasteiger partial charge in [-0.3, -0.25) is 4.79 Å². The molecule has 1 rings (SSSR count). The van der Waals surface area contributed by atoms with Crippen molar-refractivity contribution in [2.75, 3.05) is 11.1 Å². The second kappa shape index (κ2) is 5.77. The summed E-state index contributed by atoms with van der Waals surface area (Å²) in [6.07, 6.45) is 0.0311. The van der Waals surface area contributed by atoms with Gasteiger partial charge in [-0.25, -0.2) is 0 Å². The molecule has 0 fully saturated rings. The van der Waals surface area contributed by atoms with E-state index in [4.69, 9.17) is 5.73 Å². The highest BCUT2D eigenvalue weighted by Gasteiger charge is 2.30. The van der Waals surface area contributed by atoms with Crippen molar-refractivity contribution in [2.45, 2.75) is 16.8 Å². The Kier molecular flexibility index (Phi) is 4.88. The van der Waals surface area contributed by atoms with Crippen LogP contribution in [0.25, 0.3) is 0 Å². The molecule has 2 N–H and O–H groups in total. The Bertz CT molecular complexity index is 423. The topological polar surface area (TPSA) is 43.1 Å². The van der Waals surface area contributed by atoms with E-state index in [9.17, 15) is 18.0 Å². The summed E-state index contributed by atoms with van der Waals surface area (Å²) in [6, 6.07) is 4.30. The standard InChI is InChI=1S/C10H9BrF3NOS/c11-5-7(16)4-6-2-1-3-8(9(6)15)17-10(12,13)14/h1-3H,4-5,15H2. The number of halogens is 4. The zero-order valence-electron chi connectivity index (χ0n) is 8.55. The third-order valence-electron chi connectivity index (χ3n) is 1.92. The van der Waals surface area contributed by atoms with Crippen molar-refractivity contribution in [3.05, 3.63) is 23.8 Å². The molecule has 0 aliphatic heterocycles. The predicted molar refractivity (Wildman–Crippen MR) is 65.3 cm³/mol. The highest BCUT2D eigenvalue weighted by molar-refractivity contribution is 9.09. The van der Waals surface area contributed by atoms with Gasteiger partial charge in [-0.1, -0.05) is 28.1 Å². The smallest absolute Gasteiger partial charge is 0.398 e. The summed E-state index contributed by atoms with van der Waals surface area (Å²) >= 11 is 2.72. The quantitative estimate of drug-likeness (QED) is 0.523. The van der Waals surface area contributed by atoms with Gasteiger partial charge < -0.3 is 5.73 Å². The van der Waals surface area contributed by atoms with Crippen LogP contribution in [0.5, 0.6) is 0 Å². The molecule has 7 heteroatoms. The number of alkyl halides is 4. The molecule has 1 aromatic carbocycles. The molecule has 0 aliphatic carbocycles. The van der Waals surface area contributed by atoms with E-state index in [-0.39, 0.29) is 39.9 Å². The number of hydrogen-bond acceptors (Lipinski definition) is 3. The molecule has 0 radical (unpaired) electrons. The number of carbonyl (C=O) groups is 1. The summed E-state index contributed by atoms with van der Waals surface area (Å²) in [5.74, 6) is -0.133. The fourth-order valence-electron chi connectivity index (χ4n) is 1.22. The molecule has 0 saturated heterocycles. The minimum absolute atomic E-state index is 0.0177. The highest BCUT2D eigenvalue weighted by Crippen LogP contribution is 2.40. The van der Waals surface area contributed by atoms with Crippen LogP contribution < -0.4 is 5.73 Å². The molecular formula is C10H9BrF3NOS. The number of Topliss-reactive ketones (excluding diaryl/α,β-unsaturated/α-hetero) is 1. The van der Waals surface area contributed by atoms with Crippen molar-refractivity contribution in [2.24, 2.45) is 0 Å². The molecule has 17 heavy (non-hydrogen) atoms. The Morgan fingerprint density at radius 1 is 1.41 bits per heavy atom. The molecule has 94 valence electrons. The first kappa shape index (κ1) is 14.4. The lowest BCUT2D eigenvalue weighted by Crippen LogP contribution is -2.08. The maximum atomic E-state index is 12.2. The molecule has 0 unspecified atom stereocenters. The number of anilines is 1. The molecule has 0 heterocycles. The molecule has 2 nitrogen and oxygen atoms in total.